The van der Waals surface area contributed by atoms with Crippen molar-refractivity contribution in [2.45, 2.75) is 25.3 Å². The van der Waals surface area contributed by atoms with Crippen LogP contribution in [0.2, 0.25) is 0 Å². The van der Waals surface area contributed by atoms with E-state index >= 15 is 0 Å². The van der Waals surface area contributed by atoms with Crippen molar-refractivity contribution in [3.63, 3.8) is 0 Å². The predicted octanol–water partition coefficient (Wildman–Crippen LogP) is 0.223. The Morgan fingerprint density at radius 3 is 2.70 bits per heavy atom. The molecule has 20 heavy (non-hydrogen) atoms. The van der Waals surface area contributed by atoms with Crippen molar-refractivity contribution in [3.05, 3.63) is 17.6 Å². The Kier molecular flexibility index (Phi) is 5.17. The van der Waals surface area contributed by atoms with Gasteiger partial charge in [-0.15, -0.1) is 4.83 Å². The maximum absolute atomic E-state index is 12.3. The second kappa shape index (κ2) is 6.68. The van der Waals surface area contributed by atoms with Crippen LogP contribution in [0.15, 0.2) is 15.4 Å². The average molecular weight is 303 g/mol. The van der Waals surface area contributed by atoms with E-state index in [9.17, 15) is 8.42 Å². The standard InChI is InChI=1S/C12H21N3O4S/c1-3-13-9-11-8-12(10(2)19-11)20(16,17)14-15-4-6-18-7-5-15/h8,13-14H,3-7,9H2,1-2H3. The molecule has 114 valence electrons. The smallest absolute Gasteiger partial charge is 0.256 e. The van der Waals surface area contributed by atoms with Crippen LogP contribution < -0.4 is 10.1 Å². The van der Waals surface area contributed by atoms with Crippen LogP contribution in [0.1, 0.15) is 18.4 Å². The minimum absolute atomic E-state index is 0.192. The molecule has 1 aliphatic heterocycles. The van der Waals surface area contributed by atoms with E-state index in [-0.39, 0.29) is 4.90 Å². The fraction of sp³-hybridized carbons (Fsp3) is 0.667. The van der Waals surface area contributed by atoms with Crippen LogP contribution in [0.5, 0.6) is 0 Å². The van der Waals surface area contributed by atoms with Gasteiger partial charge in [0.1, 0.15) is 16.4 Å². The van der Waals surface area contributed by atoms with Gasteiger partial charge in [-0.25, -0.2) is 13.4 Å². The zero-order chi connectivity index (χ0) is 14.6. The van der Waals surface area contributed by atoms with Crippen LogP contribution >= 0.6 is 0 Å². The van der Waals surface area contributed by atoms with E-state index in [1.807, 2.05) is 6.92 Å². The molecule has 1 saturated heterocycles. The molecule has 0 radical (unpaired) electrons. The van der Waals surface area contributed by atoms with Crippen molar-refractivity contribution in [3.8, 4) is 0 Å². The van der Waals surface area contributed by atoms with E-state index in [4.69, 9.17) is 9.15 Å². The molecule has 0 aliphatic carbocycles. The van der Waals surface area contributed by atoms with E-state index in [1.54, 1.807) is 18.0 Å². The summed E-state index contributed by atoms with van der Waals surface area (Å²) in [5.41, 5.74) is 0. The lowest BCUT2D eigenvalue weighted by Gasteiger charge is -2.26. The molecule has 0 saturated carbocycles. The fourth-order valence-electron chi connectivity index (χ4n) is 2.00. The zero-order valence-electron chi connectivity index (χ0n) is 11.8. The topological polar surface area (TPSA) is 83.8 Å². The minimum Gasteiger partial charge on any atom is -0.464 e. The fourth-order valence-corrected chi connectivity index (χ4v) is 3.33. The zero-order valence-corrected chi connectivity index (χ0v) is 12.6. The third-order valence-electron chi connectivity index (χ3n) is 3.02. The quantitative estimate of drug-likeness (QED) is 0.782. The van der Waals surface area contributed by atoms with E-state index in [1.165, 1.54) is 0 Å². The number of aryl methyl sites for hydroxylation is 1. The first-order valence-corrected chi connectivity index (χ1v) is 8.16. The number of ether oxygens (including phenoxy) is 1. The van der Waals surface area contributed by atoms with Crippen LogP contribution in [0.25, 0.3) is 0 Å². The van der Waals surface area contributed by atoms with Crippen molar-refractivity contribution < 1.29 is 17.6 Å². The summed E-state index contributed by atoms with van der Waals surface area (Å²) < 4.78 is 35.3. The number of hydrogen-bond donors (Lipinski definition) is 2. The normalized spacial score (nSPS) is 17.5. The van der Waals surface area contributed by atoms with Crippen molar-refractivity contribution >= 4 is 10.0 Å². The number of furan rings is 1. The number of nitrogens with zero attached hydrogens (tertiary/aromatic N) is 1. The molecule has 0 atom stereocenters. The second-order valence-corrected chi connectivity index (χ2v) is 6.24. The van der Waals surface area contributed by atoms with Crippen LogP contribution in [0.3, 0.4) is 0 Å². The molecule has 2 heterocycles. The summed E-state index contributed by atoms with van der Waals surface area (Å²) in [5, 5.41) is 4.75. The van der Waals surface area contributed by atoms with Gasteiger partial charge in [-0.1, -0.05) is 6.92 Å². The molecule has 0 unspecified atom stereocenters. The first-order valence-electron chi connectivity index (χ1n) is 6.68. The molecule has 1 aliphatic rings. The molecule has 0 bridgehead atoms. The van der Waals surface area contributed by atoms with Crippen LogP contribution in [-0.2, 0) is 21.3 Å². The molecular weight excluding hydrogens is 282 g/mol. The highest BCUT2D eigenvalue weighted by Crippen LogP contribution is 2.20. The number of hydrogen-bond acceptors (Lipinski definition) is 6. The van der Waals surface area contributed by atoms with Gasteiger partial charge in [-0.05, 0) is 13.5 Å². The molecule has 0 spiro atoms. The number of morpholine rings is 1. The van der Waals surface area contributed by atoms with Gasteiger partial charge in [-0.2, -0.15) is 0 Å². The molecule has 0 amide bonds. The van der Waals surface area contributed by atoms with Gasteiger partial charge in [0.15, 0.2) is 0 Å². The van der Waals surface area contributed by atoms with Crippen molar-refractivity contribution in [1.29, 1.82) is 0 Å². The molecule has 1 fully saturated rings. The van der Waals surface area contributed by atoms with Crippen LogP contribution in [0, 0.1) is 6.92 Å². The van der Waals surface area contributed by atoms with E-state index < -0.39 is 10.0 Å². The van der Waals surface area contributed by atoms with Gasteiger partial charge in [0.05, 0.1) is 19.8 Å². The van der Waals surface area contributed by atoms with Gasteiger partial charge in [0, 0.05) is 19.2 Å². The first-order chi connectivity index (χ1) is 9.53. The van der Waals surface area contributed by atoms with Gasteiger partial charge < -0.3 is 14.5 Å². The lowest BCUT2D eigenvalue weighted by atomic mass is 10.4. The van der Waals surface area contributed by atoms with Gasteiger partial charge in [0.2, 0.25) is 0 Å². The van der Waals surface area contributed by atoms with Gasteiger partial charge in [-0.3, -0.25) is 0 Å². The van der Waals surface area contributed by atoms with E-state index in [0.29, 0.717) is 44.4 Å². The van der Waals surface area contributed by atoms with Gasteiger partial charge in [0.25, 0.3) is 10.0 Å². The summed E-state index contributed by atoms with van der Waals surface area (Å²) in [6, 6.07) is 1.57. The van der Waals surface area contributed by atoms with Crippen LogP contribution in [-0.4, -0.2) is 46.3 Å². The molecule has 2 N–H and O–H groups in total. The number of hydrazine groups is 1. The molecule has 1 aromatic rings. The minimum atomic E-state index is -3.60. The summed E-state index contributed by atoms with van der Waals surface area (Å²) in [6.45, 7) is 7.09. The Hall–Kier alpha value is -0.930. The molecule has 2 rings (SSSR count). The highest BCUT2D eigenvalue weighted by atomic mass is 32.2. The third kappa shape index (κ3) is 3.80. The molecule has 7 nitrogen and oxygen atoms in total. The average Bonchev–Trinajstić information content (AvgIpc) is 2.79. The Morgan fingerprint density at radius 2 is 2.05 bits per heavy atom. The second-order valence-electron chi connectivity index (χ2n) is 4.61. The number of sulfonamides is 1. The maximum Gasteiger partial charge on any atom is 0.256 e. The van der Waals surface area contributed by atoms with Gasteiger partial charge >= 0.3 is 0 Å². The van der Waals surface area contributed by atoms with Crippen molar-refractivity contribution in [2.75, 3.05) is 32.8 Å². The largest absolute Gasteiger partial charge is 0.464 e. The Morgan fingerprint density at radius 1 is 1.35 bits per heavy atom. The van der Waals surface area contributed by atoms with E-state index in [0.717, 1.165) is 6.54 Å². The number of rotatable bonds is 6. The number of nitrogens with one attached hydrogen (secondary N) is 2. The summed E-state index contributed by atoms with van der Waals surface area (Å²) in [4.78, 5) is 2.76. The predicted molar refractivity (Wildman–Crippen MR) is 73.5 cm³/mol. The van der Waals surface area contributed by atoms with Crippen molar-refractivity contribution in [1.82, 2.24) is 15.2 Å². The highest BCUT2D eigenvalue weighted by Gasteiger charge is 2.24. The summed E-state index contributed by atoms with van der Waals surface area (Å²) >= 11 is 0. The summed E-state index contributed by atoms with van der Waals surface area (Å²) in [7, 11) is -3.60. The Bertz CT molecular complexity index is 535. The summed E-state index contributed by atoms with van der Waals surface area (Å²) in [5.74, 6) is 1.02. The lowest BCUT2D eigenvalue weighted by Crippen LogP contribution is -2.48. The Labute approximate surface area is 119 Å². The monoisotopic (exact) mass is 303 g/mol. The van der Waals surface area contributed by atoms with Crippen molar-refractivity contribution in [2.24, 2.45) is 0 Å². The maximum atomic E-state index is 12.3. The molecule has 0 aromatic carbocycles. The lowest BCUT2D eigenvalue weighted by molar-refractivity contribution is 0.0272. The van der Waals surface area contributed by atoms with Crippen LogP contribution in [0.4, 0.5) is 0 Å². The SMILES string of the molecule is CCNCc1cc(S(=O)(=O)NN2CCOCC2)c(C)o1. The molecule has 8 heteroatoms. The first kappa shape index (κ1) is 15.5. The highest BCUT2D eigenvalue weighted by molar-refractivity contribution is 7.89. The van der Waals surface area contributed by atoms with E-state index in [2.05, 4.69) is 10.1 Å². The Balaban J connectivity index is 2.09. The molecule has 1 aromatic heterocycles. The summed E-state index contributed by atoms with van der Waals surface area (Å²) in [6.07, 6.45) is 0. The molecular formula is C12H21N3O4S. The third-order valence-corrected chi connectivity index (χ3v) is 4.51.